The van der Waals surface area contributed by atoms with Crippen LogP contribution in [0.4, 0.5) is 8.78 Å². The molecule has 0 fully saturated rings. The molecular weight excluding hydrogens is 266 g/mol. The molecule has 0 amide bonds. The molecule has 0 spiro atoms. The van der Waals surface area contributed by atoms with Crippen molar-refractivity contribution in [2.45, 2.75) is 18.5 Å². The van der Waals surface area contributed by atoms with Crippen LogP contribution < -0.4 is 5.32 Å². The molecule has 0 saturated carbocycles. The average molecular weight is 278 g/mol. The Hall–Kier alpha value is -1.77. The first-order valence-electron chi connectivity index (χ1n) is 5.73. The average Bonchev–Trinajstić information content (AvgIpc) is 2.94. The normalized spacial score (nSPS) is 12.9. The molecule has 2 aromatic rings. The van der Waals surface area contributed by atoms with Gasteiger partial charge >= 0.3 is 5.92 Å². The first-order valence-corrected chi connectivity index (χ1v) is 6.61. The summed E-state index contributed by atoms with van der Waals surface area (Å²) in [5.74, 6) is -3.43. The van der Waals surface area contributed by atoms with E-state index in [1.807, 2.05) is 30.3 Å². The Morgan fingerprint density at radius 2 is 1.95 bits per heavy atom. The molecule has 1 atom stereocenters. The van der Waals surface area contributed by atoms with Crippen LogP contribution in [-0.2, 0) is 6.54 Å². The van der Waals surface area contributed by atoms with Gasteiger partial charge in [0.05, 0.1) is 0 Å². The van der Waals surface area contributed by atoms with E-state index in [-0.39, 0.29) is 0 Å². The van der Waals surface area contributed by atoms with E-state index in [0.29, 0.717) is 11.4 Å². The molecular formula is C14H12F2N2S. The van der Waals surface area contributed by atoms with Crippen LogP contribution in [0.25, 0.3) is 0 Å². The van der Waals surface area contributed by atoms with Crippen LogP contribution in [0.1, 0.15) is 16.5 Å². The Morgan fingerprint density at radius 1 is 1.21 bits per heavy atom. The molecule has 1 aromatic carbocycles. The van der Waals surface area contributed by atoms with Crippen molar-refractivity contribution in [3.63, 3.8) is 0 Å². The zero-order chi connectivity index (χ0) is 13.7. The molecule has 1 aromatic heterocycles. The van der Waals surface area contributed by atoms with Gasteiger partial charge in [0.1, 0.15) is 12.1 Å². The van der Waals surface area contributed by atoms with Crippen molar-refractivity contribution in [3.05, 3.63) is 58.3 Å². The van der Waals surface area contributed by atoms with Crippen molar-refractivity contribution in [1.82, 2.24) is 5.32 Å². The fourth-order valence-corrected chi connectivity index (χ4v) is 2.58. The Labute approximate surface area is 114 Å². The van der Waals surface area contributed by atoms with Crippen LogP contribution in [0.2, 0.25) is 0 Å². The molecule has 5 heteroatoms. The molecule has 1 unspecified atom stereocenters. The quantitative estimate of drug-likeness (QED) is 0.904. The van der Waals surface area contributed by atoms with Crippen LogP contribution in [-0.4, -0.2) is 5.92 Å². The van der Waals surface area contributed by atoms with Gasteiger partial charge in [0.15, 0.2) is 0 Å². The number of thiophene rings is 1. The second-order valence-corrected chi connectivity index (χ2v) is 5.03. The highest BCUT2D eigenvalue weighted by Crippen LogP contribution is 2.33. The van der Waals surface area contributed by atoms with Gasteiger partial charge in [-0.15, -0.1) is 11.3 Å². The topological polar surface area (TPSA) is 35.8 Å². The molecule has 98 valence electrons. The summed E-state index contributed by atoms with van der Waals surface area (Å²) in [6.45, 7) is 0.292. The molecule has 0 aliphatic heterocycles. The fraction of sp³-hybridized carbons (Fsp3) is 0.214. The molecule has 2 rings (SSSR count). The minimum absolute atomic E-state index is 0.292. The third-order valence-corrected chi connectivity index (χ3v) is 3.63. The summed E-state index contributed by atoms with van der Waals surface area (Å²) >= 11 is 1.21. The van der Waals surface area contributed by atoms with Gasteiger partial charge < -0.3 is 0 Å². The zero-order valence-electron chi connectivity index (χ0n) is 10.0. The molecule has 0 aliphatic carbocycles. The number of nitriles is 1. The highest BCUT2D eigenvalue weighted by molar-refractivity contribution is 7.10. The van der Waals surface area contributed by atoms with Gasteiger partial charge in [-0.3, -0.25) is 5.32 Å². The van der Waals surface area contributed by atoms with Gasteiger partial charge in [-0.25, -0.2) is 0 Å². The minimum atomic E-state index is -3.43. The lowest BCUT2D eigenvalue weighted by Crippen LogP contribution is -2.35. The predicted octanol–water partition coefficient (Wildman–Crippen LogP) is 3.74. The summed E-state index contributed by atoms with van der Waals surface area (Å²) in [4.78, 5) is 0.461. The van der Waals surface area contributed by atoms with Crippen molar-refractivity contribution >= 4 is 11.3 Å². The third kappa shape index (κ3) is 3.37. The van der Waals surface area contributed by atoms with Crippen molar-refractivity contribution < 1.29 is 8.78 Å². The number of hydrogen-bond donors (Lipinski definition) is 1. The molecule has 1 N–H and O–H groups in total. The van der Waals surface area contributed by atoms with Crippen LogP contribution >= 0.6 is 11.3 Å². The molecule has 2 nitrogen and oxygen atoms in total. The number of halogens is 2. The maximum absolute atomic E-state index is 13.7. The highest BCUT2D eigenvalue weighted by atomic mass is 32.1. The second-order valence-electron chi connectivity index (χ2n) is 4.05. The van der Waals surface area contributed by atoms with Crippen LogP contribution in [0.3, 0.4) is 0 Å². The van der Waals surface area contributed by atoms with Crippen LogP contribution in [0, 0.1) is 11.3 Å². The molecule has 0 radical (unpaired) electrons. The van der Waals surface area contributed by atoms with Gasteiger partial charge in [-0.1, -0.05) is 36.4 Å². The van der Waals surface area contributed by atoms with Gasteiger partial charge in [0.25, 0.3) is 0 Å². The van der Waals surface area contributed by atoms with Crippen LogP contribution in [0.15, 0.2) is 47.8 Å². The van der Waals surface area contributed by atoms with E-state index >= 15 is 0 Å². The Balaban J connectivity index is 2.14. The first kappa shape index (κ1) is 13.7. The fourth-order valence-electron chi connectivity index (χ4n) is 1.74. The van der Waals surface area contributed by atoms with Crippen molar-refractivity contribution in [1.29, 1.82) is 5.26 Å². The van der Waals surface area contributed by atoms with Gasteiger partial charge in [-0.05, 0) is 17.0 Å². The summed E-state index contributed by atoms with van der Waals surface area (Å²) in [5, 5.41) is 13.1. The lowest BCUT2D eigenvalue weighted by atomic mass is 10.1. The first-order chi connectivity index (χ1) is 9.13. The Morgan fingerprint density at radius 3 is 2.53 bits per heavy atom. The van der Waals surface area contributed by atoms with E-state index in [0.717, 1.165) is 11.6 Å². The number of hydrogen-bond acceptors (Lipinski definition) is 3. The minimum Gasteiger partial charge on any atom is -0.299 e. The monoisotopic (exact) mass is 278 g/mol. The smallest absolute Gasteiger partial charge is 0.299 e. The van der Waals surface area contributed by atoms with E-state index in [1.54, 1.807) is 17.5 Å². The van der Waals surface area contributed by atoms with Gasteiger partial charge in [-0.2, -0.15) is 14.0 Å². The number of nitrogens with zero attached hydrogens (tertiary/aromatic N) is 1. The number of benzene rings is 1. The summed E-state index contributed by atoms with van der Waals surface area (Å²) < 4.78 is 27.3. The second kappa shape index (κ2) is 5.91. The lowest BCUT2D eigenvalue weighted by molar-refractivity contribution is 0.0201. The molecule has 19 heavy (non-hydrogen) atoms. The van der Waals surface area contributed by atoms with E-state index in [1.165, 1.54) is 11.3 Å². The molecule has 0 bridgehead atoms. The van der Waals surface area contributed by atoms with Gasteiger partial charge in [0.2, 0.25) is 0 Å². The molecule has 1 heterocycles. The highest BCUT2D eigenvalue weighted by Gasteiger charge is 2.41. The van der Waals surface area contributed by atoms with E-state index in [9.17, 15) is 8.78 Å². The maximum atomic E-state index is 13.7. The Bertz CT molecular complexity index is 547. The van der Waals surface area contributed by atoms with Crippen molar-refractivity contribution in [2.75, 3.05) is 0 Å². The maximum Gasteiger partial charge on any atom is 0.351 e. The zero-order valence-corrected chi connectivity index (χ0v) is 10.8. The molecule has 0 saturated heterocycles. The molecule has 0 aliphatic rings. The number of nitrogens with one attached hydrogen (secondary N) is 1. The van der Waals surface area contributed by atoms with Crippen molar-refractivity contribution in [3.8, 4) is 6.07 Å². The summed E-state index contributed by atoms with van der Waals surface area (Å²) in [6.07, 6.45) is 0. The summed E-state index contributed by atoms with van der Waals surface area (Å²) in [6, 6.07) is 12.4. The van der Waals surface area contributed by atoms with Gasteiger partial charge in [0, 0.05) is 11.4 Å². The third-order valence-electron chi connectivity index (χ3n) is 2.69. The SMILES string of the molecule is N#CC(F)(F)C(NCc1ccccc1)c1cccs1. The summed E-state index contributed by atoms with van der Waals surface area (Å²) in [5.41, 5.74) is 0.901. The van der Waals surface area contributed by atoms with E-state index in [2.05, 4.69) is 5.32 Å². The lowest BCUT2D eigenvalue weighted by Gasteiger charge is -2.21. The number of rotatable bonds is 5. The Kier molecular flexibility index (Phi) is 4.25. The largest absolute Gasteiger partial charge is 0.351 e. The standard InChI is InChI=1S/C14H12F2N2S/c15-14(16,10-17)13(12-7-4-8-19-12)18-9-11-5-2-1-3-6-11/h1-8,13,18H,9H2. The number of alkyl halides is 2. The van der Waals surface area contributed by atoms with E-state index in [4.69, 9.17) is 5.26 Å². The predicted molar refractivity (Wildman–Crippen MR) is 70.9 cm³/mol. The van der Waals surface area contributed by atoms with Crippen LogP contribution in [0.5, 0.6) is 0 Å². The summed E-state index contributed by atoms with van der Waals surface area (Å²) in [7, 11) is 0. The van der Waals surface area contributed by atoms with Crippen molar-refractivity contribution in [2.24, 2.45) is 0 Å². The van der Waals surface area contributed by atoms with E-state index < -0.39 is 12.0 Å².